The van der Waals surface area contributed by atoms with Gasteiger partial charge < -0.3 is 14.4 Å². The molecule has 21 heavy (non-hydrogen) atoms. The molecule has 1 atom stereocenters. The van der Waals surface area contributed by atoms with Crippen molar-refractivity contribution in [3.8, 4) is 0 Å². The van der Waals surface area contributed by atoms with Gasteiger partial charge in [0.1, 0.15) is 17.6 Å². The van der Waals surface area contributed by atoms with Crippen LogP contribution in [0, 0.1) is 5.82 Å². The molecule has 2 aliphatic rings. The van der Waals surface area contributed by atoms with Crippen molar-refractivity contribution < 1.29 is 18.7 Å². The molecule has 2 heterocycles. The molecule has 1 amide bonds. The first-order chi connectivity index (χ1) is 10.1. The number of benzene rings is 1. The van der Waals surface area contributed by atoms with Crippen LogP contribution in [0.5, 0.6) is 0 Å². The molecule has 0 saturated carbocycles. The van der Waals surface area contributed by atoms with Gasteiger partial charge in [-0.2, -0.15) is 5.10 Å². The van der Waals surface area contributed by atoms with Crippen LogP contribution in [-0.2, 0) is 9.47 Å². The molecule has 1 N–H and O–H groups in total. The molecule has 0 aliphatic carbocycles. The van der Waals surface area contributed by atoms with Crippen molar-refractivity contribution in [3.05, 3.63) is 29.6 Å². The van der Waals surface area contributed by atoms with E-state index in [9.17, 15) is 9.18 Å². The Labute approximate surface area is 121 Å². The molecular weight excluding hydrogens is 277 g/mol. The van der Waals surface area contributed by atoms with E-state index in [2.05, 4.69) is 10.5 Å². The van der Waals surface area contributed by atoms with Gasteiger partial charge in [0.15, 0.2) is 0 Å². The lowest BCUT2D eigenvalue weighted by atomic mass is 10.0. The highest BCUT2D eigenvalue weighted by Crippen LogP contribution is 2.23. The topological polar surface area (TPSA) is 63.2 Å². The smallest absolute Gasteiger partial charge is 0.428 e. The SMILES string of the molecule is C[C@H]1OC(=O)NN=C1c1ccc(N2CCOCC2)c(F)c1. The minimum absolute atomic E-state index is 0.318. The number of hydrogen-bond acceptors (Lipinski definition) is 5. The Morgan fingerprint density at radius 1 is 1.38 bits per heavy atom. The van der Waals surface area contributed by atoms with Gasteiger partial charge in [-0.15, -0.1) is 0 Å². The van der Waals surface area contributed by atoms with E-state index in [-0.39, 0.29) is 5.82 Å². The molecule has 0 aromatic heterocycles. The molecule has 1 saturated heterocycles. The summed E-state index contributed by atoms with van der Waals surface area (Å²) in [7, 11) is 0. The number of halogens is 1. The third-order valence-corrected chi connectivity index (χ3v) is 3.53. The lowest BCUT2D eigenvalue weighted by Crippen LogP contribution is -2.38. The fourth-order valence-electron chi connectivity index (χ4n) is 2.47. The third kappa shape index (κ3) is 2.82. The predicted molar refractivity (Wildman–Crippen MR) is 75.0 cm³/mol. The highest BCUT2D eigenvalue weighted by atomic mass is 19.1. The van der Waals surface area contributed by atoms with Crippen LogP contribution in [0.15, 0.2) is 23.3 Å². The summed E-state index contributed by atoms with van der Waals surface area (Å²) in [6.07, 6.45) is -1.11. The van der Waals surface area contributed by atoms with Gasteiger partial charge in [-0.1, -0.05) is 6.07 Å². The van der Waals surface area contributed by atoms with Gasteiger partial charge in [-0.05, 0) is 19.1 Å². The van der Waals surface area contributed by atoms with Crippen molar-refractivity contribution in [2.24, 2.45) is 5.10 Å². The monoisotopic (exact) mass is 293 g/mol. The second-order valence-electron chi connectivity index (χ2n) is 4.92. The summed E-state index contributed by atoms with van der Waals surface area (Å²) in [5, 5.41) is 3.94. The number of carbonyl (C=O) groups is 1. The Balaban J connectivity index is 1.85. The molecule has 0 spiro atoms. The molecular formula is C14H16FN3O3. The van der Waals surface area contributed by atoms with Crippen LogP contribution in [0.25, 0.3) is 0 Å². The quantitative estimate of drug-likeness (QED) is 0.897. The van der Waals surface area contributed by atoms with Crippen molar-refractivity contribution in [2.75, 3.05) is 31.2 Å². The van der Waals surface area contributed by atoms with E-state index in [0.29, 0.717) is 43.3 Å². The number of rotatable bonds is 2. The van der Waals surface area contributed by atoms with Crippen LogP contribution >= 0.6 is 0 Å². The fourth-order valence-corrected chi connectivity index (χ4v) is 2.47. The molecule has 0 bridgehead atoms. The Kier molecular flexibility index (Phi) is 3.74. The summed E-state index contributed by atoms with van der Waals surface area (Å²) in [6, 6.07) is 4.92. The highest BCUT2D eigenvalue weighted by Gasteiger charge is 2.24. The average Bonchev–Trinajstić information content (AvgIpc) is 2.48. The Hall–Kier alpha value is -2.15. The van der Waals surface area contributed by atoms with E-state index in [4.69, 9.17) is 9.47 Å². The summed E-state index contributed by atoms with van der Waals surface area (Å²) >= 11 is 0. The van der Waals surface area contributed by atoms with Crippen molar-refractivity contribution in [1.29, 1.82) is 0 Å². The van der Waals surface area contributed by atoms with E-state index >= 15 is 0 Å². The molecule has 3 rings (SSSR count). The van der Waals surface area contributed by atoms with Gasteiger partial charge in [0.2, 0.25) is 0 Å². The molecule has 6 nitrogen and oxygen atoms in total. The van der Waals surface area contributed by atoms with Crippen molar-refractivity contribution in [1.82, 2.24) is 5.43 Å². The number of nitrogens with zero attached hydrogens (tertiary/aromatic N) is 2. The van der Waals surface area contributed by atoms with E-state index in [1.54, 1.807) is 19.1 Å². The minimum Gasteiger partial charge on any atom is -0.439 e. The van der Waals surface area contributed by atoms with Crippen LogP contribution in [0.1, 0.15) is 12.5 Å². The van der Waals surface area contributed by atoms with Crippen LogP contribution in [0.3, 0.4) is 0 Å². The molecule has 0 unspecified atom stereocenters. The second-order valence-corrected chi connectivity index (χ2v) is 4.92. The summed E-state index contributed by atoms with van der Waals surface area (Å²) in [6.45, 7) is 4.25. The standard InChI is InChI=1S/C14H16FN3O3/c1-9-13(16-17-14(19)21-9)10-2-3-12(11(15)8-10)18-4-6-20-7-5-18/h2-3,8-9H,4-7H2,1H3,(H,17,19)/t9-/m1/s1. The number of hydrogen-bond donors (Lipinski definition) is 1. The normalized spacial score (nSPS) is 22.4. The third-order valence-electron chi connectivity index (χ3n) is 3.53. The first-order valence-electron chi connectivity index (χ1n) is 6.82. The fraction of sp³-hybridized carbons (Fsp3) is 0.429. The minimum atomic E-state index is -0.600. The van der Waals surface area contributed by atoms with Crippen molar-refractivity contribution in [2.45, 2.75) is 13.0 Å². The largest absolute Gasteiger partial charge is 0.439 e. The first kappa shape index (κ1) is 13.8. The summed E-state index contributed by atoms with van der Waals surface area (Å²) in [5.41, 5.74) is 3.88. The van der Waals surface area contributed by atoms with Crippen molar-refractivity contribution in [3.63, 3.8) is 0 Å². The second kappa shape index (κ2) is 5.69. The van der Waals surface area contributed by atoms with Gasteiger partial charge in [0.25, 0.3) is 0 Å². The number of carbonyl (C=O) groups excluding carboxylic acids is 1. The number of amides is 1. The van der Waals surface area contributed by atoms with Gasteiger partial charge in [0, 0.05) is 18.7 Å². The zero-order valence-electron chi connectivity index (χ0n) is 11.6. The molecule has 1 fully saturated rings. The average molecular weight is 293 g/mol. The van der Waals surface area contributed by atoms with E-state index in [1.807, 2.05) is 4.90 Å². The van der Waals surface area contributed by atoms with Gasteiger partial charge in [0.05, 0.1) is 18.9 Å². The summed E-state index contributed by atoms with van der Waals surface area (Å²) < 4.78 is 24.6. The number of hydrazone groups is 1. The van der Waals surface area contributed by atoms with Gasteiger partial charge in [-0.25, -0.2) is 14.6 Å². The molecule has 112 valence electrons. The zero-order valence-corrected chi connectivity index (χ0v) is 11.6. The maximum atomic E-state index is 14.3. The molecule has 1 aromatic carbocycles. The Morgan fingerprint density at radius 3 is 2.81 bits per heavy atom. The molecule has 0 radical (unpaired) electrons. The van der Waals surface area contributed by atoms with E-state index in [0.717, 1.165) is 0 Å². The summed E-state index contributed by atoms with van der Waals surface area (Å²) in [5.74, 6) is -0.318. The highest BCUT2D eigenvalue weighted by molar-refractivity contribution is 6.05. The van der Waals surface area contributed by atoms with Crippen LogP contribution in [0.4, 0.5) is 14.9 Å². The van der Waals surface area contributed by atoms with E-state index in [1.165, 1.54) is 6.07 Å². The number of ether oxygens (including phenoxy) is 2. The van der Waals surface area contributed by atoms with E-state index < -0.39 is 12.2 Å². The van der Waals surface area contributed by atoms with Crippen molar-refractivity contribution >= 4 is 17.5 Å². The lowest BCUT2D eigenvalue weighted by molar-refractivity contribution is 0.122. The number of cyclic esters (lactones) is 1. The van der Waals surface area contributed by atoms with Crippen LogP contribution in [-0.4, -0.2) is 44.2 Å². The van der Waals surface area contributed by atoms with Gasteiger partial charge in [-0.3, -0.25) is 0 Å². The Morgan fingerprint density at radius 2 is 2.14 bits per heavy atom. The number of anilines is 1. The van der Waals surface area contributed by atoms with Crippen LogP contribution in [0.2, 0.25) is 0 Å². The maximum Gasteiger partial charge on any atom is 0.428 e. The Bertz CT molecular complexity index is 585. The molecule has 7 heteroatoms. The number of morpholine rings is 1. The lowest BCUT2D eigenvalue weighted by Gasteiger charge is -2.29. The number of nitrogens with one attached hydrogen (secondary N) is 1. The molecule has 1 aromatic rings. The molecule has 2 aliphatic heterocycles. The zero-order chi connectivity index (χ0) is 14.8. The first-order valence-corrected chi connectivity index (χ1v) is 6.82. The maximum absolute atomic E-state index is 14.3. The van der Waals surface area contributed by atoms with Gasteiger partial charge >= 0.3 is 6.09 Å². The van der Waals surface area contributed by atoms with Crippen LogP contribution < -0.4 is 10.3 Å². The predicted octanol–water partition coefficient (Wildman–Crippen LogP) is 1.49. The summed E-state index contributed by atoms with van der Waals surface area (Å²) in [4.78, 5) is 13.0.